The predicted molar refractivity (Wildman–Crippen MR) is 80.4 cm³/mol. The molecule has 0 radical (unpaired) electrons. The molecule has 0 fully saturated rings. The lowest BCUT2D eigenvalue weighted by atomic mass is 10.1. The molecule has 0 saturated heterocycles. The molecule has 116 valence electrons. The van der Waals surface area contributed by atoms with Crippen LogP contribution in [0.25, 0.3) is 0 Å². The van der Waals surface area contributed by atoms with Gasteiger partial charge in [0, 0.05) is 20.2 Å². The number of nitrogens with zero attached hydrogens (tertiary/aromatic N) is 1. The monoisotopic (exact) mass is 311 g/mol. The molecule has 0 amide bonds. The maximum absolute atomic E-state index is 12.7. The van der Waals surface area contributed by atoms with Crippen LogP contribution in [0.15, 0.2) is 34.7 Å². The summed E-state index contributed by atoms with van der Waals surface area (Å²) in [6, 6.07) is 5.00. The maximum atomic E-state index is 12.7. The molecular weight excluding hydrogens is 290 g/mol. The minimum absolute atomic E-state index is 0.160. The molecule has 1 aliphatic rings. The lowest BCUT2D eigenvalue weighted by Crippen LogP contribution is -2.35. The van der Waals surface area contributed by atoms with E-state index in [4.69, 9.17) is 4.74 Å². The van der Waals surface area contributed by atoms with Crippen molar-refractivity contribution in [3.05, 3.63) is 41.0 Å². The van der Waals surface area contributed by atoms with Gasteiger partial charge in [-0.1, -0.05) is 18.2 Å². The molecule has 0 aliphatic carbocycles. The molecule has 0 unspecified atom stereocenters. The Morgan fingerprint density at radius 1 is 1.38 bits per heavy atom. The van der Waals surface area contributed by atoms with E-state index >= 15 is 0 Å². The number of methoxy groups -OCH3 is 1. The highest BCUT2D eigenvalue weighted by molar-refractivity contribution is 7.89. The number of rotatable bonds is 5. The number of hydrogen-bond donors (Lipinski definition) is 1. The molecular formula is C15H21NO4S. The summed E-state index contributed by atoms with van der Waals surface area (Å²) in [6.07, 6.45) is 2.60. The van der Waals surface area contributed by atoms with Crippen LogP contribution in [0.5, 0.6) is 0 Å². The number of benzene rings is 1. The van der Waals surface area contributed by atoms with Crippen molar-refractivity contribution in [3.63, 3.8) is 0 Å². The van der Waals surface area contributed by atoms with E-state index in [1.807, 2.05) is 6.08 Å². The number of aliphatic hydroxyl groups excluding tert-OH is 1. The van der Waals surface area contributed by atoms with Gasteiger partial charge in [0.15, 0.2) is 0 Å². The first kappa shape index (κ1) is 16.2. The fraction of sp³-hybridized carbons (Fsp3) is 0.467. The topological polar surface area (TPSA) is 66.8 Å². The molecule has 0 saturated carbocycles. The van der Waals surface area contributed by atoms with Gasteiger partial charge in [0.2, 0.25) is 10.0 Å². The normalized spacial score (nSPS) is 16.8. The Balaban J connectivity index is 2.28. The Labute approximate surface area is 125 Å². The van der Waals surface area contributed by atoms with Crippen LogP contribution in [-0.4, -0.2) is 44.6 Å². The lowest BCUT2D eigenvalue weighted by Gasteiger charge is -2.26. The van der Waals surface area contributed by atoms with E-state index < -0.39 is 10.0 Å². The SMILES string of the molecule is COCC1=CCN(S(=O)(=O)c2cccc(CO)c2C)CC1. The molecule has 21 heavy (non-hydrogen) atoms. The van der Waals surface area contributed by atoms with Gasteiger partial charge in [-0.3, -0.25) is 0 Å². The first-order chi connectivity index (χ1) is 10.0. The van der Waals surface area contributed by atoms with Crippen molar-refractivity contribution in [2.45, 2.75) is 24.8 Å². The van der Waals surface area contributed by atoms with Gasteiger partial charge in [0.1, 0.15) is 0 Å². The molecule has 1 heterocycles. The highest BCUT2D eigenvalue weighted by Crippen LogP contribution is 2.25. The highest BCUT2D eigenvalue weighted by Gasteiger charge is 2.27. The van der Waals surface area contributed by atoms with Gasteiger partial charge >= 0.3 is 0 Å². The highest BCUT2D eigenvalue weighted by atomic mass is 32.2. The van der Waals surface area contributed by atoms with E-state index in [1.165, 1.54) is 4.31 Å². The second-order valence-corrected chi connectivity index (χ2v) is 7.01. The molecule has 0 atom stereocenters. The van der Waals surface area contributed by atoms with Crippen molar-refractivity contribution in [3.8, 4) is 0 Å². The van der Waals surface area contributed by atoms with Crippen LogP contribution in [-0.2, 0) is 21.4 Å². The standard InChI is InChI=1S/C15H21NO4S/c1-12-14(10-17)4-3-5-15(12)21(18,19)16-8-6-13(7-9-16)11-20-2/h3-6,17H,7-11H2,1-2H3. The molecule has 1 aromatic carbocycles. The van der Waals surface area contributed by atoms with Gasteiger partial charge in [-0.15, -0.1) is 0 Å². The molecule has 6 heteroatoms. The van der Waals surface area contributed by atoms with Crippen molar-refractivity contribution >= 4 is 10.0 Å². The van der Waals surface area contributed by atoms with E-state index in [9.17, 15) is 13.5 Å². The zero-order chi connectivity index (χ0) is 15.5. The van der Waals surface area contributed by atoms with Crippen LogP contribution in [0.2, 0.25) is 0 Å². The minimum atomic E-state index is -3.53. The molecule has 0 bridgehead atoms. The summed E-state index contributed by atoms with van der Waals surface area (Å²) in [5, 5.41) is 9.28. The lowest BCUT2D eigenvalue weighted by molar-refractivity contribution is 0.219. The third kappa shape index (κ3) is 3.35. The quantitative estimate of drug-likeness (QED) is 0.836. The number of aliphatic hydroxyl groups is 1. The number of sulfonamides is 1. The Morgan fingerprint density at radius 3 is 2.71 bits per heavy atom. The first-order valence-electron chi connectivity index (χ1n) is 6.87. The van der Waals surface area contributed by atoms with E-state index in [-0.39, 0.29) is 11.5 Å². The summed E-state index contributed by atoms with van der Waals surface area (Å²) < 4.78 is 32.0. The van der Waals surface area contributed by atoms with Crippen molar-refractivity contribution < 1.29 is 18.3 Å². The molecule has 0 aromatic heterocycles. The van der Waals surface area contributed by atoms with Gasteiger partial charge in [-0.2, -0.15) is 4.31 Å². The van der Waals surface area contributed by atoms with Gasteiger partial charge in [-0.25, -0.2) is 8.42 Å². The number of hydrogen-bond acceptors (Lipinski definition) is 4. The van der Waals surface area contributed by atoms with E-state index in [0.717, 1.165) is 5.57 Å². The predicted octanol–water partition coefficient (Wildman–Crippen LogP) is 1.45. The summed E-state index contributed by atoms with van der Waals surface area (Å²) in [4.78, 5) is 0.276. The summed E-state index contributed by atoms with van der Waals surface area (Å²) in [5.74, 6) is 0. The van der Waals surface area contributed by atoms with Crippen LogP contribution in [0, 0.1) is 6.92 Å². The summed E-state index contributed by atoms with van der Waals surface area (Å²) >= 11 is 0. The van der Waals surface area contributed by atoms with Crippen LogP contribution in [0.3, 0.4) is 0 Å². The zero-order valence-electron chi connectivity index (χ0n) is 12.4. The fourth-order valence-corrected chi connectivity index (χ4v) is 4.13. The third-order valence-electron chi connectivity index (χ3n) is 3.78. The molecule has 2 rings (SSSR count). The Bertz CT molecular complexity index is 637. The van der Waals surface area contributed by atoms with Crippen molar-refractivity contribution in [2.24, 2.45) is 0 Å². The average molecular weight is 311 g/mol. The molecule has 1 N–H and O–H groups in total. The van der Waals surface area contributed by atoms with Crippen LogP contribution in [0.1, 0.15) is 17.5 Å². The molecule has 1 aromatic rings. The Hall–Kier alpha value is -1.21. The van der Waals surface area contributed by atoms with Crippen molar-refractivity contribution in [2.75, 3.05) is 26.8 Å². The Morgan fingerprint density at radius 2 is 2.14 bits per heavy atom. The van der Waals surface area contributed by atoms with E-state index in [0.29, 0.717) is 37.2 Å². The van der Waals surface area contributed by atoms with Gasteiger partial charge in [-0.05, 0) is 36.1 Å². The zero-order valence-corrected chi connectivity index (χ0v) is 13.2. The van der Waals surface area contributed by atoms with E-state index in [1.54, 1.807) is 32.2 Å². The van der Waals surface area contributed by atoms with Crippen LogP contribution in [0.4, 0.5) is 0 Å². The van der Waals surface area contributed by atoms with Gasteiger partial charge in [0.05, 0.1) is 18.1 Å². The summed E-state index contributed by atoms with van der Waals surface area (Å²) in [5.41, 5.74) is 2.39. The van der Waals surface area contributed by atoms with Crippen LogP contribution < -0.4 is 0 Å². The molecule has 0 spiro atoms. The Kier molecular flexibility index (Phi) is 5.16. The second-order valence-electron chi connectivity index (χ2n) is 5.11. The van der Waals surface area contributed by atoms with Gasteiger partial charge in [0.25, 0.3) is 0 Å². The van der Waals surface area contributed by atoms with Crippen molar-refractivity contribution in [1.29, 1.82) is 0 Å². The second kappa shape index (κ2) is 6.70. The largest absolute Gasteiger partial charge is 0.392 e. The third-order valence-corrected chi connectivity index (χ3v) is 5.79. The first-order valence-corrected chi connectivity index (χ1v) is 8.31. The smallest absolute Gasteiger partial charge is 0.243 e. The summed E-state index contributed by atoms with van der Waals surface area (Å²) in [7, 11) is -1.89. The van der Waals surface area contributed by atoms with Crippen molar-refractivity contribution in [1.82, 2.24) is 4.31 Å². The fourth-order valence-electron chi connectivity index (χ4n) is 2.48. The molecule has 1 aliphatic heterocycles. The number of ether oxygens (including phenoxy) is 1. The molecule has 5 nitrogen and oxygen atoms in total. The van der Waals surface area contributed by atoms with Gasteiger partial charge < -0.3 is 9.84 Å². The summed E-state index contributed by atoms with van der Waals surface area (Å²) in [6.45, 7) is 2.94. The van der Waals surface area contributed by atoms with Crippen LogP contribution >= 0.6 is 0 Å². The maximum Gasteiger partial charge on any atom is 0.243 e. The van der Waals surface area contributed by atoms with E-state index in [2.05, 4.69) is 0 Å². The minimum Gasteiger partial charge on any atom is -0.392 e. The average Bonchev–Trinajstić information content (AvgIpc) is 2.48.